The predicted molar refractivity (Wildman–Crippen MR) is 101 cm³/mol. The molecule has 5 heteroatoms. The molecule has 1 aromatic rings. The molecular formula is C20H28N2O2S. The number of carbonyl (C=O) groups excluding carboxylic acids is 2. The van der Waals surface area contributed by atoms with Crippen LogP contribution in [0.5, 0.6) is 0 Å². The lowest BCUT2D eigenvalue weighted by molar-refractivity contribution is -0.121. The van der Waals surface area contributed by atoms with Crippen LogP contribution in [0.3, 0.4) is 0 Å². The molecule has 4 rings (SSSR count). The van der Waals surface area contributed by atoms with E-state index in [1.165, 1.54) is 37.0 Å². The molecule has 3 aliphatic rings. The summed E-state index contributed by atoms with van der Waals surface area (Å²) in [5.74, 6) is 1.83. The fourth-order valence-corrected chi connectivity index (χ4v) is 6.80. The van der Waals surface area contributed by atoms with Gasteiger partial charge >= 0.3 is 0 Å². The molecule has 2 saturated carbocycles. The molecule has 25 heavy (non-hydrogen) atoms. The minimum Gasteiger partial charge on any atom is -0.365 e. The van der Waals surface area contributed by atoms with Crippen molar-refractivity contribution >= 4 is 28.2 Å². The van der Waals surface area contributed by atoms with E-state index in [9.17, 15) is 9.59 Å². The van der Waals surface area contributed by atoms with Crippen LogP contribution in [-0.2, 0) is 17.6 Å². The summed E-state index contributed by atoms with van der Waals surface area (Å²) < 4.78 is 0. The first-order valence-electron chi connectivity index (χ1n) is 9.82. The van der Waals surface area contributed by atoms with Gasteiger partial charge < -0.3 is 11.1 Å². The summed E-state index contributed by atoms with van der Waals surface area (Å²) in [4.78, 5) is 26.1. The number of nitrogens with two attached hydrogens (primary N) is 1. The number of nitrogens with one attached hydrogen (secondary N) is 1. The maximum absolute atomic E-state index is 12.8. The molecule has 3 N–H and O–H groups in total. The Balaban J connectivity index is 1.55. The Morgan fingerprint density at radius 1 is 1.24 bits per heavy atom. The van der Waals surface area contributed by atoms with E-state index in [2.05, 4.69) is 12.2 Å². The average molecular weight is 361 g/mol. The van der Waals surface area contributed by atoms with Crippen molar-refractivity contribution in [1.29, 1.82) is 0 Å². The molecule has 136 valence electrons. The summed E-state index contributed by atoms with van der Waals surface area (Å²) in [5, 5.41) is 3.81. The second-order valence-electron chi connectivity index (χ2n) is 8.24. The zero-order valence-electron chi connectivity index (χ0n) is 15.0. The Bertz CT molecular complexity index is 696. The lowest BCUT2D eigenvalue weighted by Crippen LogP contribution is -2.28. The summed E-state index contributed by atoms with van der Waals surface area (Å²) in [6, 6.07) is 0. The molecule has 1 heterocycles. The fraction of sp³-hybridized carbons (Fsp3) is 0.700. The highest BCUT2D eigenvalue weighted by atomic mass is 32.1. The number of hydrogen-bond acceptors (Lipinski definition) is 3. The molecule has 0 saturated heterocycles. The van der Waals surface area contributed by atoms with Crippen LogP contribution in [0.1, 0.15) is 72.7 Å². The molecule has 0 aliphatic heterocycles. The largest absolute Gasteiger partial charge is 0.365 e. The monoisotopic (exact) mass is 360 g/mol. The number of rotatable bonds is 5. The van der Waals surface area contributed by atoms with Crippen molar-refractivity contribution in [3.05, 3.63) is 16.0 Å². The Labute approximate surface area is 153 Å². The van der Waals surface area contributed by atoms with Crippen LogP contribution in [0.15, 0.2) is 0 Å². The Kier molecular flexibility index (Phi) is 4.61. The lowest BCUT2D eigenvalue weighted by atomic mass is 9.84. The lowest BCUT2D eigenvalue weighted by Gasteiger charge is -2.21. The van der Waals surface area contributed by atoms with Crippen molar-refractivity contribution in [2.75, 3.05) is 5.32 Å². The number of primary amides is 1. The van der Waals surface area contributed by atoms with Crippen molar-refractivity contribution in [2.45, 2.75) is 64.7 Å². The molecule has 2 fully saturated rings. The quantitative estimate of drug-likeness (QED) is 0.829. The van der Waals surface area contributed by atoms with Crippen molar-refractivity contribution in [1.82, 2.24) is 0 Å². The summed E-state index contributed by atoms with van der Waals surface area (Å²) in [6.45, 7) is 2.22. The highest BCUT2D eigenvalue weighted by molar-refractivity contribution is 7.17. The van der Waals surface area contributed by atoms with Gasteiger partial charge in [0, 0.05) is 10.8 Å². The standard InChI is InChI=1S/C20H28N2O2S/c1-2-3-11-5-7-14-16(10-11)25-20(17(14)18(21)23)22-19(24)15-9-12-4-6-13(15)8-12/h11-13,15H,2-10H2,1H3,(H2,21,23)(H,22,24)/t11-,12+,13+,15+/m0/s1. The number of thiophene rings is 1. The molecule has 3 aliphatic carbocycles. The second-order valence-corrected chi connectivity index (χ2v) is 9.35. The van der Waals surface area contributed by atoms with Crippen molar-refractivity contribution in [3.8, 4) is 0 Å². The number of fused-ring (bicyclic) bond motifs is 3. The predicted octanol–water partition coefficient (Wildman–Crippen LogP) is 4.13. The third-order valence-corrected chi connectivity index (χ3v) is 7.79. The zero-order chi connectivity index (χ0) is 17.6. The molecular weight excluding hydrogens is 332 g/mol. The van der Waals surface area contributed by atoms with Crippen LogP contribution in [0, 0.1) is 23.7 Å². The summed E-state index contributed by atoms with van der Waals surface area (Å²) in [5.41, 5.74) is 7.38. The minimum absolute atomic E-state index is 0.110. The Morgan fingerprint density at radius 3 is 2.72 bits per heavy atom. The van der Waals surface area contributed by atoms with Crippen LogP contribution in [0.4, 0.5) is 5.00 Å². The third kappa shape index (κ3) is 3.12. The van der Waals surface area contributed by atoms with Gasteiger partial charge in [0.15, 0.2) is 0 Å². The van der Waals surface area contributed by atoms with E-state index in [0.717, 1.165) is 37.2 Å². The van der Waals surface area contributed by atoms with Gasteiger partial charge in [-0.15, -0.1) is 11.3 Å². The van der Waals surface area contributed by atoms with Gasteiger partial charge in [-0.25, -0.2) is 0 Å². The molecule has 4 nitrogen and oxygen atoms in total. The van der Waals surface area contributed by atoms with Crippen LogP contribution in [0.2, 0.25) is 0 Å². The normalized spacial score (nSPS) is 30.3. The van der Waals surface area contributed by atoms with Gasteiger partial charge in [-0.1, -0.05) is 26.2 Å². The van der Waals surface area contributed by atoms with Crippen LogP contribution in [0.25, 0.3) is 0 Å². The van der Waals surface area contributed by atoms with Crippen LogP contribution < -0.4 is 11.1 Å². The van der Waals surface area contributed by atoms with E-state index in [-0.39, 0.29) is 11.8 Å². The van der Waals surface area contributed by atoms with Gasteiger partial charge in [0.25, 0.3) is 5.91 Å². The van der Waals surface area contributed by atoms with Gasteiger partial charge in [0.05, 0.1) is 5.56 Å². The van der Waals surface area contributed by atoms with E-state index in [1.54, 1.807) is 11.3 Å². The third-order valence-electron chi connectivity index (χ3n) is 6.62. The Morgan fingerprint density at radius 2 is 2.08 bits per heavy atom. The fourth-order valence-electron chi connectivity index (χ4n) is 5.43. The van der Waals surface area contributed by atoms with Gasteiger partial charge in [-0.2, -0.15) is 0 Å². The van der Waals surface area contributed by atoms with Gasteiger partial charge in [-0.05, 0) is 61.8 Å². The summed E-state index contributed by atoms with van der Waals surface area (Å²) in [6.07, 6.45) is 10.2. The first-order chi connectivity index (χ1) is 12.1. The van der Waals surface area contributed by atoms with Gasteiger partial charge in [0.1, 0.15) is 5.00 Å². The molecule has 4 atom stereocenters. The highest BCUT2D eigenvalue weighted by Crippen LogP contribution is 2.49. The van der Waals surface area contributed by atoms with Gasteiger partial charge in [0.2, 0.25) is 5.91 Å². The molecule has 0 radical (unpaired) electrons. The number of carbonyl (C=O) groups is 2. The number of hydrogen-bond donors (Lipinski definition) is 2. The minimum atomic E-state index is -0.394. The van der Waals surface area contributed by atoms with Gasteiger partial charge in [-0.3, -0.25) is 9.59 Å². The first kappa shape index (κ1) is 17.1. The van der Waals surface area contributed by atoms with Crippen molar-refractivity contribution in [3.63, 3.8) is 0 Å². The maximum Gasteiger partial charge on any atom is 0.251 e. The van der Waals surface area contributed by atoms with Crippen molar-refractivity contribution < 1.29 is 9.59 Å². The first-order valence-corrected chi connectivity index (χ1v) is 10.6. The molecule has 1 aromatic heterocycles. The second kappa shape index (κ2) is 6.75. The van der Waals surface area contributed by atoms with E-state index in [4.69, 9.17) is 5.73 Å². The van der Waals surface area contributed by atoms with E-state index in [0.29, 0.717) is 22.4 Å². The van der Waals surface area contributed by atoms with Crippen molar-refractivity contribution in [2.24, 2.45) is 29.4 Å². The van der Waals surface area contributed by atoms with Crippen LogP contribution in [-0.4, -0.2) is 11.8 Å². The Hall–Kier alpha value is -1.36. The average Bonchev–Trinajstić information content (AvgIpc) is 3.27. The molecule has 2 bridgehead atoms. The SMILES string of the molecule is CCC[C@H]1CCc2c(sc(NC(=O)[C@@H]3C[C@@H]4CC[C@@H]3C4)c2C(N)=O)C1. The van der Waals surface area contributed by atoms with E-state index >= 15 is 0 Å². The number of amides is 2. The smallest absolute Gasteiger partial charge is 0.251 e. The molecule has 0 spiro atoms. The molecule has 2 amide bonds. The van der Waals surface area contributed by atoms with Crippen LogP contribution >= 0.6 is 11.3 Å². The van der Waals surface area contributed by atoms with E-state index < -0.39 is 5.91 Å². The summed E-state index contributed by atoms with van der Waals surface area (Å²) >= 11 is 1.59. The van der Waals surface area contributed by atoms with E-state index in [1.807, 2.05) is 0 Å². The highest BCUT2D eigenvalue weighted by Gasteiger charge is 2.43. The maximum atomic E-state index is 12.8. The summed E-state index contributed by atoms with van der Waals surface area (Å²) in [7, 11) is 0. The zero-order valence-corrected chi connectivity index (χ0v) is 15.8. The molecule has 0 unspecified atom stereocenters. The molecule has 0 aromatic carbocycles. The topological polar surface area (TPSA) is 72.2 Å². The number of anilines is 1.